The topological polar surface area (TPSA) is 115 Å². The second kappa shape index (κ2) is 7.37. The summed E-state index contributed by atoms with van der Waals surface area (Å²) in [7, 11) is 1.75. The van der Waals surface area contributed by atoms with Crippen molar-refractivity contribution in [3.8, 4) is 6.07 Å². The molecule has 1 aromatic carbocycles. The van der Waals surface area contributed by atoms with Gasteiger partial charge in [-0.25, -0.2) is 14.7 Å². The predicted octanol–water partition coefficient (Wildman–Crippen LogP) is 2.57. The van der Waals surface area contributed by atoms with Crippen molar-refractivity contribution < 1.29 is 14.4 Å². The first kappa shape index (κ1) is 22.2. The number of aromatic nitrogens is 3. The Morgan fingerprint density at radius 2 is 1.89 bits per heavy atom. The van der Waals surface area contributed by atoms with Gasteiger partial charge in [-0.1, -0.05) is 45.0 Å². The van der Waals surface area contributed by atoms with Crippen LogP contribution in [0.1, 0.15) is 49.1 Å². The van der Waals surface area contributed by atoms with E-state index in [4.69, 9.17) is 0 Å². The number of piperazine rings is 1. The number of amides is 4. The largest absolute Gasteiger partial charge is 0.332 e. The predicted molar refractivity (Wildman–Crippen MR) is 130 cm³/mol. The van der Waals surface area contributed by atoms with Gasteiger partial charge in [-0.3, -0.25) is 14.3 Å². The van der Waals surface area contributed by atoms with Gasteiger partial charge < -0.3 is 9.80 Å². The van der Waals surface area contributed by atoms with Gasteiger partial charge in [-0.15, -0.1) is 0 Å². The maximum absolute atomic E-state index is 13.7. The number of hydrogen-bond donors (Lipinski definition) is 0. The SMILES string of the molecule is Cn1nc(C(C)(C)C)cc1C(=O)N1C[C@H]2CC1C1C(=O)N(c3cnc(C#N)c4ccccc34)C(=O)N12. The molecule has 0 saturated carbocycles. The van der Waals surface area contributed by atoms with Crippen molar-refractivity contribution in [2.75, 3.05) is 11.4 Å². The highest BCUT2D eigenvalue weighted by molar-refractivity contribution is 6.25. The molecule has 4 amide bonds. The van der Waals surface area contributed by atoms with Gasteiger partial charge in [0.2, 0.25) is 0 Å². The second-order valence-corrected chi connectivity index (χ2v) is 10.7. The van der Waals surface area contributed by atoms with E-state index in [0.717, 1.165) is 10.6 Å². The molecule has 3 fully saturated rings. The number of nitrogens with zero attached hydrogens (tertiary/aromatic N) is 7. The molecule has 2 bridgehead atoms. The lowest BCUT2D eigenvalue weighted by atomic mass is 9.92. The fraction of sp³-hybridized carbons (Fsp3) is 0.385. The minimum atomic E-state index is -0.745. The van der Waals surface area contributed by atoms with Gasteiger partial charge in [0, 0.05) is 29.8 Å². The molecule has 36 heavy (non-hydrogen) atoms. The number of carbonyl (C=O) groups excluding carboxylic acids is 3. The molecule has 3 atom stereocenters. The third-order valence-electron chi connectivity index (χ3n) is 7.51. The van der Waals surface area contributed by atoms with Crippen LogP contribution in [0.3, 0.4) is 0 Å². The molecule has 2 unspecified atom stereocenters. The molecule has 3 aliphatic rings. The first-order valence-corrected chi connectivity index (χ1v) is 11.9. The fourth-order valence-corrected chi connectivity index (χ4v) is 5.74. The van der Waals surface area contributed by atoms with Crippen LogP contribution in [0.2, 0.25) is 0 Å². The Kier molecular flexibility index (Phi) is 4.55. The Hall–Kier alpha value is -4.26. The van der Waals surface area contributed by atoms with Crippen molar-refractivity contribution in [1.29, 1.82) is 5.26 Å². The smallest absolute Gasteiger partial charge is 0.330 e. The normalized spacial score (nSPS) is 23.1. The average molecular weight is 484 g/mol. The van der Waals surface area contributed by atoms with Gasteiger partial charge >= 0.3 is 6.03 Å². The summed E-state index contributed by atoms with van der Waals surface area (Å²) in [5.41, 5.74) is 1.67. The molecule has 0 N–H and O–H groups in total. The molecule has 3 saturated heterocycles. The Morgan fingerprint density at radius 3 is 2.56 bits per heavy atom. The fourth-order valence-electron chi connectivity index (χ4n) is 5.74. The van der Waals surface area contributed by atoms with E-state index < -0.39 is 18.1 Å². The summed E-state index contributed by atoms with van der Waals surface area (Å²) < 4.78 is 1.59. The molecule has 3 aromatic rings. The van der Waals surface area contributed by atoms with Gasteiger partial charge in [0.05, 0.1) is 29.7 Å². The average Bonchev–Trinajstić information content (AvgIpc) is 3.60. The monoisotopic (exact) mass is 483 g/mol. The number of likely N-dealkylation sites (tertiary alicyclic amines) is 1. The summed E-state index contributed by atoms with van der Waals surface area (Å²) in [5, 5.41) is 15.1. The highest BCUT2D eigenvalue weighted by atomic mass is 16.2. The van der Waals surface area contributed by atoms with Gasteiger partial charge in [-0.05, 0) is 12.5 Å². The number of nitriles is 1. The van der Waals surface area contributed by atoms with Crippen LogP contribution in [0.15, 0.2) is 36.5 Å². The molecular formula is C26H25N7O3. The highest BCUT2D eigenvalue weighted by Crippen LogP contribution is 2.44. The second-order valence-electron chi connectivity index (χ2n) is 10.7. The third-order valence-corrected chi connectivity index (χ3v) is 7.51. The minimum absolute atomic E-state index is 0.183. The molecule has 0 radical (unpaired) electrons. The first-order valence-electron chi connectivity index (χ1n) is 11.9. The van der Waals surface area contributed by atoms with Crippen LogP contribution in [0.5, 0.6) is 0 Å². The number of hydrogen-bond acceptors (Lipinski definition) is 6. The third kappa shape index (κ3) is 2.92. The van der Waals surface area contributed by atoms with Crippen LogP contribution in [0, 0.1) is 11.3 Å². The van der Waals surface area contributed by atoms with Crippen molar-refractivity contribution in [2.45, 2.75) is 50.7 Å². The standard InChI is InChI=1S/C26H25N7O3/c1-26(2,3)21-10-19(30(4)29-21)23(34)31-13-14-9-18(31)22-24(35)33(25(36)32(14)22)20-12-28-17(11-27)15-7-5-6-8-16(15)20/h5-8,10,12,14,18,22H,9,13H2,1-4H3/t14-,18?,22?/m1/s1. The Balaban J connectivity index is 1.34. The number of imide groups is 1. The van der Waals surface area contributed by atoms with Crippen molar-refractivity contribution in [1.82, 2.24) is 24.6 Å². The zero-order valence-electron chi connectivity index (χ0n) is 20.5. The number of fused-ring (bicyclic) bond motifs is 6. The number of benzene rings is 1. The lowest BCUT2D eigenvalue weighted by Gasteiger charge is -2.34. The first-order chi connectivity index (χ1) is 17.1. The van der Waals surface area contributed by atoms with Crippen LogP contribution in [-0.2, 0) is 17.3 Å². The van der Waals surface area contributed by atoms with E-state index in [0.29, 0.717) is 35.1 Å². The Morgan fingerprint density at radius 1 is 1.17 bits per heavy atom. The molecule has 2 aromatic heterocycles. The summed E-state index contributed by atoms with van der Waals surface area (Å²) in [4.78, 5) is 49.5. The summed E-state index contributed by atoms with van der Waals surface area (Å²) in [6, 6.07) is 9.18. The molecule has 3 aliphatic heterocycles. The number of pyridine rings is 1. The molecule has 5 heterocycles. The number of anilines is 1. The highest BCUT2D eigenvalue weighted by Gasteiger charge is 2.63. The maximum Gasteiger partial charge on any atom is 0.332 e. The Labute approximate surface area is 207 Å². The molecule has 10 nitrogen and oxygen atoms in total. The van der Waals surface area contributed by atoms with Crippen LogP contribution in [-0.4, -0.2) is 67.1 Å². The van der Waals surface area contributed by atoms with E-state index in [-0.39, 0.29) is 29.0 Å². The zero-order valence-corrected chi connectivity index (χ0v) is 20.5. The number of carbonyl (C=O) groups is 3. The van der Waals surface area contributed by atoms with Crippen LogP contribution in [0.25, 0.3) is 10.8 Å². The number of urea groups is 1. The van der Waals surface area contributed by atoms with Crippen molar-refractivity contribution in [3.05, 3.63) is 53.6 Å². The van der Waals surface area contributed by atoms with Crippen LogP contribution in [0.4, 0.5) is 10.5 Å². The molecule has 0 aliphatic carbocycles. The molecule has 10 heteroatoms. The van der Waals surface area contributed by atoms with E-state index in [2.05, 4.69) is 16.2 Å². The van der Waals surface area contributed by atoms with E-state index in [9.17, 15) is 19.6 Å². The summed E-state index contributed by atoms with van der Waals surface area (Å²) >= 11 is 0. The molecular weight excluding hydrogens is 458 g/mol. The van der Waals surface area contributed by atoms with Gasteiger partial charge in [0.15, 0.2) is 0 Å². The lowest BCUT2D eigenvalue weighted by molar-refractivity contribution is -0.121. The van der Waals surface area contributed by atoms with Crippen LogP contribution < -0.4 is 4.90 Å². The van der Waals surface area contributed by atoms with Gasteiger partial charge in [0.25, 0.3) is 11.8 Å². The van der Waals surface area contributed by atoms with Crippen molar-refractivity contribution in [2.24, 2.45) is 7.05 Å². The number of rotatable bonds is 2. The van der Waals surface area contributed by atoms with Gasteiger partial charge in [0.1, 0.15) is 23.5 Å². The number of aryl methyl sites for hydroxylation is 1. The summed E-state index contributed by atoms with van der Waals surface area (Å²) in [5.74, 6) is -0.557. The quantitative estimate of drug-likeness (QED) is 0.518. The van der Waals surface area contributed by atoms with Gasteiger partial charge in [-0.2, -0.15) is 10.4 Å². The molecule has 182 valence electrons. The van der Waals surface area contributed by atoms with E-state index in [1.165, 1.54) is 6.20 Å². The molecule has 6 rings (SSSR count). The Bertz CT molecular complexity index is 1510. The van der Waals surface area contributed by atoms with Crippen LogP contribution >= 0.6 is 0 Å². The van der Waals surface area contributed by atoms with Crippen molar-refractivity contribution in [3.63, 3.8) is 0 Å². The summed E-state index contributed by atoms with van der Waals surface area (Å²) in [6.07, 6.45) is 1.98. The van der Waals surface area contributed by atoms with E-state index in [1.807, 2.05) is 26.8 Å². The zero-order chi connectivity index (χ0) is 25.5. The maximum atomic E-state index is 13.7. The molecule has 0 spiro atoms. The van der Waals surface area contributed by atoms with Crippen molar-refractivity contribution >= 4 is 34.3 Å². The van der Waals surface area contributed by atoms with E-state index >= 15 is 0 Å². The lowest BCUT2D eigenvalue weighted by Crippen LogP contribution is -2.55. The minimum Gasteiger partial charge on any atom is -0.330 e. The summed E-state index contributed by atoms with van der Waals surface area (Å²) in [6.45, 7) is 6.49. The van der Waals surface area contributed by atoms with E-state index in [1.54, 1.807) is 45.8 Å².